The number of hydrogen-bond donors (Lipinski definition) is 0. The normalized spacial score (nSPS) is 13.3. The standard InChI is InChI=1S/C54H34N4O2/c1-54(2)41-19-9-6-17-39(41)49-42(54)28-27-38-35-15-7-10-20-43(35)58(50(38)49)53-56-51(32-23-25-37-36-16-8-11-21-44(36)59-46(37)29-32)55-52(57-53)33-24-26-40-47(30-33)60-45-22-12-18-34(48(40)45)31-13-4-3-5-14-31/h3-30H,1-2H3. The maximum Gasteiger partial charge on any atom is 0.238 e. The summed E-state index contributed by atoms with van der Waals surface area (Å²) < 4.78 is 15.2. The summed E-state index contributed by atoms with van der Waals surface area (Å²) in [6, 6.07) is 59.4. The minimum absolute atomic E-state index is 0.179. The Morgan fingerprint density at radius 2 is 1.05 bits per heavy atom. The van der Waals surface area contributed by atoms with E-state index >= 15 is 0 Å². The minimum Gasteiger partial charge on any atom is -0.456 e. The third kappa shape index (κ3) is 4.61. The minimum atomic E-state index is -0.179. The number of fused-ring (bicyclic) bond motifs is 13. The predicted molar refractivity (Wildman–Crippen MR) is 243 cm³/mol. The quantitative estimate of drug-likeness (QED) is 0.178. The zero-order valence-corrected chi connectivity index (χ0v) is 32.8. The Kier molecular flexibility index (Phi) is 6.69. The van der Waals surface area contributed by atoms with Crippen LogP contribution in [0.1, 0.15) is 25.0 Å². The molecule has 0 bridgehead atoms. The first-order chi connectivity index (χ1) is 29.5. The molecule has 1 aliphatic rings. The lowest BCUT2D eigenvalue weighted by Gasteiger charge is -2.21. The van der Waals surface area contributed by atoms with E-state index in [1.165, 1.54) is 22.3 Å². The third-order valence-corrected chi connectivity index (χ3v) is 12.7. The van der Waals surface area contributed by atoms with Gasteiger partial charge in [0.25, 0.3) is 0 Å². The fraction of sp³-hybridized carbons (Fsp3) is 0.0556. The van der Waals surface area contributed by atoms with Crippen LogP contribution in [0.2, 0.25) is 0 Å². The van der Waals surface area contributed by atoms with Gasteiger partial charge in [0.1, 0.15) is 22.3 Å². The van der Waals surface area contributed by atoms with Gasteiger partial charge in [-0.05, 0) is 70.3 Å². The molecule has 0 fully saturated rings. The highest BCUT2D eigenvalue weighted by atomic mass is 16.3. The molecular formula is C54H34N4O2. The molecule has 6 heteroatoms. The van der Waals surface area contributed by atoms with Gasteiger partial charge in [0.15, 0.2) is 11.6 Å². The van der Waals surface area contributed by atoms with Crippen molar-refractivity contribution in [1.29, 1.82) is 0 Å². The maximum atomic E-state index is 6.60. The van der Waals surface area contributed by atoms with Crippen LogP contribution in [0.15, 0.2) is 179 Å². The zero-order valence-electron chi connectivity index (χ0n) is 32.8. The second-order valence-corrected chi connectivity index (χ2v) is 16.4. The molecule has 0 aliphatic heterocycles. The van der Waals surface area contributed by atoms with Crippen molar-refractivity contribution in [1.82, 2.24) is 19.5 Å². The first-order valence-corrected chi connectivity index (χ1v) is 20.4. The molecule has 8 aromatic carbocycles. The fourth-order valence-electron chi connectivity index (χ4n) is 9.86. The van der Waals surface area contributed by atoms with E-state index < -0.39 is 0 Å². The average molecular weight is 771 g/mol. The molecule has 0 spiro atoms. The van der Waals surface area contributed by atoms with Crippen molar-refractivity contribution in [3.8, 4) is 51.0 Å². The Morgan fingerprint density at radius 1 is 0.433 bits per heavy atom. The zero-order chi connectivity index (χ0) is 39.7. The molecule has 4 aromatic heterocycles. The van der Waals surface area contributed by atoms with Gasteiger partial charge in [-0.2, -0.15) is 9.97 Å². The number of para-hydroxylation sites is 2. The summed E-state index contributed by atoms with van der Waals surface area (Å²) >= 11 is 0. The van der Waals surface area contributed by atoms with Crippen molar-refractivity contribution in [2.75, 3.05) is 0 Å². The van der Waals surface area contributed by atoms with Crippen LogP contribution >= 0.6 is 0 Å². The number of benzene rings is 8. The fourth-order valence-corrected chi connectivity index (χ4v) is 9.86. The van der Waals surface area contributed by atoms with Crippen LogP contribution in [-0.4, -0.2) is 19.5 Å². The van der Waals surface area contributed by atoms with Crippen LogP contribution in [-0.2, 0) is 5.41 Å². The van der Waals surface area contributed by atoms with Crippen molar-refractivity contribution in [2.45, 2.75) is 19.3 Å². The number of aromatic nitrogens is 4. The van der Waals surface area contributed by atoms with Crippen LogP contribution in [0, 0.1) is 0 Å². The molecule has 282 valence electrons. The summed E-state index contributed by atoms with van der Waals surface area (Å²) in [5, 5.41) is 6.55. The van der Waals surface area contributed by atoms with Gasteiger partial charge in [0, 0.05) is 54.4 Å². The van der Waals surface area contributed by atoms with Crippen LogP contribution in [0.5, 0.6) is 0 Å². The highest BCUT2D eigenvalue weighted by Crippen LogP contribution is 2.53. The molecule has 0 N–H and O–H groups in total. The Morgan fingerprint density at radius 3 is 1.88 bits per heavy atom. The summed E-state index contributed by atoms with van der Waals surface area (Å²) in [5.41, 5.74) is 14.2. The number of rotatable bonds is 4. The topological polar surface area (TPSA) is 69.9 Å². The first-order valence-electron chi connectivity index (χ1n) is 20.4. The molecule has 1 aliphatic carbocycles. The van der Waals surface area contributed by atoms with Gasteiger partial charge in [-0.3, -0.25) is 4.57 Å². The molecule has 13 rings (SSSR count). The number of furan rings is 2. The molecule has 6 nitrogen and oxygen atoms in total. The monoisotopic (exact) mass is 770 g/mol. The molecule has 12 aromatic rings. The smallest absolute Gasteiger partial charge is 0.238 e. The van der Waals surface area contributed by atoms with Crippen molar-refractivity contribution in [3.05, 3.63) is 181 Å². The van der Waals surface area contributed by atoms with Crippen LogP contribution in [0.3, 0.4) is 0 Å². The summed E-state index contributed by atoms with van der Waals surface area (Å²) in [6.07, 6.45) is 0. The Hall–Kier alpha value is -7.83. The maximum absolute atomic E-state index is 6.60. The highest BCUT2D eigenvalue weighted by molar-refractivity contribution is 6.16. The van der Waals surface area contributed by atoms with E-state index in [4.69, 9.17) is 23.8 Å². The van der Waals surface area contributed by atoms with Crippen molar-refractivity contribution in [2.24, 2.45) is 0 Å². The van der Waals surface area contributed by atoms with E-state index in [-0.39, 0.29) is 5.41 Å². The SMILES string of the molecule is CC1(C)c2ccccc2-c2c1ccc1c3ccccc3n(-c3nc(-c4ccc5c(c4)oc4ccccc45)nc(-c4ccc5c(c4)oc4cccc(-c6ccccc6)c45)n3)c21. The molecule has 4 heterocycles. The van der Waals surface area contributed by atoms with E-state index in [1.54, 1.807) is 0 Å². The van der Waals surface area contributed by atoms with Gasteiger partial charge in [0.2, 0.25) is 5.95 Å². The van der Waals surface area contributed by atoms with E-state index in [2.05, 4.69) is 152 Å². The van der Waals surface area contributed by atoms with Crippen molar-refractivity contribution >= 4 is 65.7 Å². The molecular weight excluding hydrogens is 737 g/mol. The largest absolute Gasteiger partial charge is 0.456 e. The lowest BCUT2D eigenvalue weighted by atomic mass is 9.82. The van der Waals surface area contributed by atoms with Gasteiger partial charge in [-0.1, -0.05) is 141 Å². The Bertz CT molecular complexity index is 3760. The molecule has 0 radical (unpaired) electrons. The van der Waals surface area contributed by atoms with Crippen LogP contribution in [0.25, 0.3) is 117 Å². The summed E-state index contributed by atoms with van der Waals surface area (Å²) in [4.78, 5) is 16.0. The molecule has 0 saturated carbocycles. The lowest BCUT2D eigenvalue weighted by molar-refractivity contribution is 0.660. The van der Waals surface area contributed by atoms with Crippen molar-refractivity contribution < 1.29 is 8.83 Å². The molecule has 60 heavy (non-hydrogen) atoms. The van der Waals surface area contributed by atoms with Gasteiger partial charge in [-0.15, -0.1) is 0 Å². The van der Waals surface area contributed by atoms with Gasteiger partial charge >= 0.3 is 0 Å². The third-order valence-electron chi connectivity index (χ3n) is 12.7. The highest BCUT2D eigenvalue weighted by Gasteiger charge is 2.38. The van der Waals surface area contributed by atoms with Gasteiger partial charge in [-0.25, -0.2) is 4.98 Å². The second kappa shape index (κ2) is 12.1. The Labute approximate surface area is 344 Å². The van der Waals surface area contributed by atoms with E-state index in [0.717, 1.165) is 87.9 Å². The van der Waals surface area contributed by atoms with Crippen LogP contribution in [0.4, 0.5) is 0 Å². The second-order valence-electron chi connectivity index (χ2n) is 16.4. The summed E-state index contributed by atoms with van der Waals surface area (Å²) in [5.74, 6) is 1.63. The lowest BCUT2D eigenvalue weighted by Crippen LogP contribution is -2.14. The van der Waals surface area contributed by atoms with Crippen molar-refractivity contribution in [3.63, 3.8) is 0 Å². The van der Waals surface area contributed by atoms with Crippen LogP contribution < -0.4 is 0 Å². The van der Waals surface area contributed by atoms with E-state index in [0.29, 0.717) is 17.6 Å². The molecule has 0 saturated heterocycles. The number of nitrogens with zero attached hydrogens (tertiary/aromatic N) is 4. The van der Waals surface area contributed by atoms with Gasteiger partial charge < -0.3 is 8.83 Å². The Balaban J connectivity index is 1.09. The molecule has 0 amide bonds. The summed E-state index contributed by atoms with van der Waals surface area (Å²) in [6.45, 7) is 4.64. The number of hydrogen-bond acceptors (Lipinski definition) is 5. The predicted octanol–water partition coefficient (Wildman–Crippen LogP) is 14.1. The molecule has 0 atom stereocenters. The van der Waals surface area contributed by atoms with E-state index in [1.807, 2.05) is 36.4 Å². The van der Waals surface area contributed by atoms with Gasteiger partial charge in [0.05, 0.1) is 11.0 Å². The summed E-state index contributed by atoms with van der Waals surface area (Å²) in [7, 11) is 0. The molecule has 0 unspecified atom stereocenters. The van der Waals surface area contributed by atoms with E-state index in [9.17, 15) is 0 Å². The first kappa shape index (κ1) is 33.2. The average Bonchev–Trinajstić information content (AvgIpc) is 4.02.